The fourth-order valence-corrected chi connectivity index (χ4v) is 5.65. The van der Waals surface area contributed by atoms with Crippen molar-refractivity contribution in [3.05, 3.63) is 12.2 Å². The summed E-state index contributed by atoms with van der Waals surface area (Å²) in [7, 11) is 0. The molecule has 84 valence electrons. The molecule has 3 saturated carbocycles. The summed E-state index contributed by atoms with van der Waals surface area (Å²) < 4.78 is 0. The van der Waals surface area contributed by atoms with Crippen LogP contribution in [0.4, 0.5) is 0 Å². The summed E-state index contributed by atoms with van der Waals surface area (Å²) in [4.78, 5) is 0. The van der Waals surface area contributed by atoms with Gasteiger partial charge in [-0.2, -0.15) is 0 Å². The third kappa shape index (κ3) is 0.867. The molecular weight excluding hydrogens is 180 g/mol. The van der Waals surface area contributed by atoms with Crippen LogP contribution >= 0.6 is 0 Å². The van der Waals surface area contributed by atoms with Gasteiger partial charge in [-0.25, -0.2) is 0 Å². The fourth-order valence-electron chi connectivity index (χ4n) is 5.65. The quantitative estimate of drug-likeness (QED) is 0.549. The first-order valence-electron chi connectivity index (χ1n) is 6.61. The number of hydrogen-bond donors (Lipinski definition) is 0. The highest BCUT2D eigenvalue weighted by molar-refractivity contribution is 5.27. The van der Waals surface area contributed by atoms with Crippen molar-refractivity contribution in [1.82, 2.24) is 0 Å². The number of hydrogen-bond acceptors (Lipinski definition) is 0. The fraction of sp³-hybridized carbons (Fsp3) is 0.867. The molecule has 0 aromatic heterocycles. The van der Waals surface area contributed by atoms with Crippen LogP contribution in [0.2, 0.25) is 0 Å². The third-order valence-corrected chi connectivity index (χ3v) is 6.67. The minimum Gasteiger partial charge on any atom is -0.0996 e. The van der Waals surface area contributed by atoms with Crippen molar-refractivity contribution in [2.75, 3.05) is 0 Å². The van der Waals surface area contributed by atoms with E-state index >= 15 is 0 Å². The Hall–Kier alpha value is -0.260. The van der Waals surface area contributed by atoms with E-state index in [4.69, 9.17) is 0 Å². The van der Waals surface area contributed by atoms with E-state index in [0.29, 0.717) is 16.2 Å². The van der Waals surface area contributed by atoms with Gasteiger partial charge in [0.05, 0.1) is 0 Å². The van der Waals surface area contributed by atoms with Gasteiger partial charge in [-0.05, 0) is 61.2 Å². The lowest BCUT2D eigenvalue weighted by atomic mass is 9.59. The van der Waals surface area contributed by atoms with Crippen LogP contribution in [0.25, 0.3) is 0 Å². The molecule has 0 aromatic carbocycles. The van der Waals surface area contributed by atoms with E-state index in [-0.39, 0.29) is 0 Å². The van der Waals surface area contributed by atoms with E-state index in [1.165, 1.54) is 44.1 Å². The first-order valence-corrected chi connectivity index (χ1v) is 6.61. The maximum atomic E-state index is 4.33. The van der Waals surface area contributed by atoms with Crippen LogP contribution in [0, 0.1) is 22.2 Å². The molecule has 4 atom stereocenters. The second kappa shape index (κ2) is 2.52. The molecule has 3 rings (SSSR count). The highest BCUT2D eigenvalue weighted by Gasteiger charge is 2.69. The van der Waals surface area contributed by atoms with E-state index in [2.05, 4.69) is 27.4 Å². The highest BCUT2D eigenvalue weighted by Crippen LogP contribution is 2.78. The second-order valence-corrected chi connectivity index (χ2v) is 7.04. The number of allylic oxidation sites excluding steroid dienone is 1. The standard InChI is InChI=1S/C15H24/c1-11(2)15-8-5-7-14(4)12(15)6-9-13(14,3)10-15/h12H,1,5-10H2,2-4H3/t12-,13-,14-,15+/m1/s1. The lowest BCUT2D eigenvalue weighted by molar-refractivity contribution is 0.0726. The second-order valence-electron chi connectivity index (χ2n) is 7.04. The zero-order chi connectivity index (χ0) is 10.9. The maximum Gasteiger partial charge on any atom is -0.00545 e. The van der Waals surface area contributed by atoms with Gasteiger partial charge in [0.25, 0.3) is 0 Å². The first-order chi connectivity index (χ1) is 6.95. The summed E-state index contributed by atoms with van der Waals surface area (Å²) >= 11 is 0. The van der Waals surface area contributed by atoms with Crippen molar-refractivity contribution in [3.8, 4) is 0 Å². The Morgan fingerprint density at radius 3 is 2.53 bits per heavy atom. The Labute approximate surface area is 94.1 Å². The van der Waals surface area contributed by atoms with Gasteiger partial charge in [0.2, 0.25) is 0 Å². The maximum absolute atomic E-state index is 4.33. The molecule has 0 spiro atoms. The molecule has 0 heterocycles. The zero-order valence-electron chi connectivity index (χ0n) is 10.5. The van der Waals surface area contributed by atoms with Crippen LogP contribution in [-0.4, -0.2) is 0 Å². The lowest BCUT2D eigenvalue weighted by Crippen LogP contribution is -2.37. The molecule has 15 heavy (non-hydrogen) atoms. The van der Waals surface area contributed by atoms with Crippen LogP contribution < -0.4 is 0 Å². The molecule has 3 fully saturated rings. The van der Waals surface area contributed by atoms with Gasteiger partial charge in [0.15, 0.2) is 0 Å². The Morgan fingerprint density at radius 1 is 1.20 bits per heavy atom. The van der Waals surface area contributed by atoms with Crippen molar-refractivity contribution in [2.45, 2.75) is 59.3 Å². The van der Waals surface area contributed by atoms with Crippen molar-refractivity contribution in [2.24, 2.45) is 22.2 Å². The molecule has 0 unspecified atom stereocenters. The van der Waals surface area contributed by atoms with Gasteiger partial charge in [0.1, 0.15) is 0 Å². The molecule has 0 N–H and O–H groups in total. The molecule has 0 nitrogen and oxygen atoms in total. The van der Waals surface area contributed by atoms with E-state index in [0.717, 1.165) is 5.92 Å². The van der Waals surface area contributed by atoms with E-state index < -0.39 is 0 Å². The average Bonchev–Trinajstić information content (AvgIpc) is 2.45. The predicted octanol–water partition coefficient (Wildman–Crippen LogP) is 4.56. The van der Waals surface area contributed by atoms with Gasteiger partial charge >= 0.3 is 0 Å². The Bertz CT molecular complexity index is 329. The number of rotatable bonds is 1. The van der Waals surface area contributed by atoms with Crippen LogP contribution in [0.3, 0.4) is 0 Å². The highest BCUT2D eigenvalue weighted by atomic mass is 14.7. The van der Waals surface area contributed by atoms with Crippen molar-refractivity contribution in [1.29, 1.82) is 0 Å². The first kappa shape index (κ1) is 9.93. The molecule has 0 amide bonds. The monoisotopic (exact) mass is 204 g/mol. The largest absolute Gasteiger partial charge is 0.0996 e. The predicted molar refractivity (Wildman–Crippen MR) is 64.7 cm³/mol. The van der Waals surface area contributed by atoms with Gasteiger partial charge in [-0.15, -0.1) is 0 Å². The van der Waals surface area contributed by atoms with Crippen molar-refractivity contribution in [3.63, 3.8) is 0 Å². The minimum absolute atomic E-state index is 0.542. The SMILES string of the molecule is C=C(C)[C@@]12CCC[C@]3(C)[C@H]1CC[C@]3(C)C2. The van der Waals surface area contributed by atoms with Gasteiger partial charge in [0, 0.05) is 0 Å². The Kier molecular flexibility index (Phi) is 1.67. The summed E-state index contributed by atoms with van der Waals surface area (Å²) in [5, 5.41) is 0. The molecule has 0 radical (unpaired) electrons. The molecule has 0 heteroatoms. The normalized spacial score (nSPS) is 57.1. The zero-order valence-corrected chi connectivity index (χ0v) is 10.5. The minimum atomic E-state index is 0.542. The lowest BCUT2D eigenvalue weighted by Gasteiger charge is -2.45. The summed E-state index contributed by atoms with van der Waals surface area (Å²) in [6.45, 7) is 11.8. The molecule has 3 aliphatic carbocycles. The summed E-state index contributed by atoms with van der Waals surface area (Å²) in [5.74, 6) is 0.959. The summed E-state index contributed by atoms with van der Waals surface area (Å²) in [5.41, 5.74) is 3.30. The summed E-state index contributed by atoms with van der Waals surface area (Å²) in [6, 6.07) is 0. The molecule has 0 saturated heterocycles. The topological polar surface area (TPSA) is 0 Å². The smallest absolute Gasteiger partial charge is 0.00545 e. The van der Waals surface area contributed by atoms with Crippen LogP contribution in [0.15, 0.2) is 12.2 Å². The van der Waals surface area contributed by atoms with Crippen LogP contribution in [-0.2, 0) is 0 Å². The van der Waals surface area contributed by atoms with Gasteiger partial charge < -0.3 is 0 Å². The van der Waals surface area contributed by atoms with Gasteiger partial charge in [-0.1, -0.05) is 32.4 Å². The molecule has 4 bridgehead atoms. The van der Waals surface area contributed by atoms with Gasteiger partial charge in [-0.3, -0.25) is 0 Å². The van der Waals surface area contributed by atoms with E-state index in [1.807, 2.05) is 0 Å². The molecular formula is C15H24. The van der Waals surface area contributed by atoms with Crippen molar-refractivity contribution >= 4 is 0 Å². The molecule has 0 aromatic rings. The van der Waals surface area contributed by atoms with E-state index in [9.17, 15) is 0 Å². The third-order valence-electron chi connectivity index (χ3n) is 6.67. The molecule has 0 aliphatic heterocycles. The Morgan fingerprint density at radius 2 is 1.93 bits per heavy atom. The Balaban J connectivity index is 2.14. The summed E-state index contributed by atoms with van der Waals surface area (Å²) in [6.07, 6.45) is 8.73. The van der Waals surface area contributed by atoms with E-state index in [1.54, 1.807) is 0 Å². The van der Waals surface area contributed by atoms with Crippen LogP contribution in [0.1, 0.15) is 59.3 Å². The average molecular weight is 204 g/mol. The van der Waals surface area contributed by atoms with Crippen molar-refractivity contribution < 1.29 is 0 Å². The van der Waals surface area contributed by atoms with Crippen LogP contribution in [0.5, 0.6) is 0 Å². The molecule has 3 aliphatic rings.